The average molecular weight is 724 g/mol. The number of hydrogen-bond acceptors (Lipinski definition) is 12. The van der Waals surface area contributed by atoms with Crippen molar-refractivity contribution in [1.82, 2.24) is 5.32 Å². The average Bonchev–Trinajstić information content (AvgIpc) is 3.14. The molecule has 0 aliphatic carbocycles. The second kappa shape index (κ2) is 17.6. The van der Waals surface area contributed by atoms with Crippen LogP contribution in [0.4, 0.5) is 0 Å². The number of aliphatic hydroxyl groups excluding tert-OH is 1. The molecule has 2 N–H and O–H groups in total. The first-order chi connectivity index (χ1) is 25.1. The lowest BCUT2D eigenvalue weighted by molar-refractivity contribution is -0.406. The zero-order valence-electron chi connectivity index (χ0n) is 30.1. The molecular formula is C39H49NO12. The van der Waals surface area contributed by atoms with Crippen molar-refractivity contribution in [2.24, 2.45) is 0 Å². The highest BCUT2D eigenvalue weighted by Gasteiger charge is 2.56. The molecule has 3 aromatic carbocycles. The Morgan fingerprint density at radius 2 is 1.35 bits per heavy atom. The zero-order chi connectivity index (χ0) is 36.7. The minimum Gasteiger partial charge on any atom is -0.497 e. The number of carbonyl (C=O) groups excluding carboxylic acids is 1. The van der Waals surface area contributed by atoms with Gasteiger partial charge in [-0.05, 0) is 42.7 Å². The monoisotopic (exact) mass is 723 g/mol. The van der Waals surface area contributed by atoms with Crippen molar-refractivity contribution in [3.63, 3.8) is 0 Å². The number of aliphatic hydroxyl groups is 1. The van der Waals surface area contributed by atoms with Gasteiger partial charge in [0.1, 0.15) is 48.4 Å². The largest absolute Gasteiger partial charge is 0.497 e. The Bertz CT molecular complexity index is 1540. The fourth-order valence-electron chi connectivity index (χ4n) is 6.62. The number of methoxy groups -OCH3 is 2. The van der Waals surface area contributed by atoms with E-state index in [1.807, 2.05) is 84.9 Å². The summed E-state index contributed by atoms with van der Waals surface area (Å²) in [6.07, 6.45) is -8.71. The van der Waals surface area contributed by atoms with Gasteiger partial charge >= 0.3 is 0 Å². The molecule has 3 fully saturated rings. The molecule has 0 radical (unpaired) electrons. The SMILES string of the molecule is COc1ccc(CO[C@@H]2[C@@H](OCc3ccccc3)[C@H](O)O[C@@H](O[C@@H]3[C@@H](NC(C)=O)[C@H](OC)O[C@@H]4COC(C)(C)O[C@@H]34)[C@@H]2OCc2ccccc2)cc1. The Hall–Kier alpha value is -3.47. The maximum Gasteiger partial charge on any atom is 0.217 e. The molecule has 10 atom stereocenters. The van der Waals surface area contributed by atoms with E-state index in [4.69, 9.17) is 47.4 Å². The van der Waals surface area contributed by atoms with Crippen molar-refractivity contribution in [2.45, 2.75) is 108 Å². The van der Waals surface area contributed by atoms with Gasteiger partial charge in [0, 0.05) is 14.0 Å². The molecule has 0 saturated carbocycles. The molecular weight excluding hydrogens is 674 g/mol. The van der Waals surface area contributed by atoms with Gasteiger partial charge in [0.05, 0.1) is 33.5 Å². The summed E-state index contributed by atoms with van der Waals surface area (Å²) in [4.78, 5) is 12.5. The van der Waals surface area contributed by atoms with Crippen molar-refractivity contribution >= 4 is 5.91 Å². The van der Waals surface area contributed by atoms with Crippen LogP contribution < -0.4 is 10.1 Å². The summed E-state index contributed by atoms with van der Waals surface area (Å²) >= 11 is 0. The van der Waals surface area contributed by atoms with Crippen molar-refractivity contribution in [1.29, 1.82) is 0 Å². The molecule has 0 spiro atoms. The van der Waals surface area contributed by atoms with Gasteiger partial charge in [-0.3, -0.25) is 4.79 Å². The van der Waals surface area contributed by atoms with Crippen LogP contribution in [0, 0.1) is 0 Å². The summed E-state index contributed by atoms with van der Waals surface area (Å²) in [6, 6.07) is 26.0. The third-order valence-corrected chi connectivity index (χ3v) is 9.20. The molecule has 3 aromatic rings. The quantitative estimate of drug-likeness (QED) is 0.250. The summed E-state index contributed by atoms with van der Waals surface area (Å²) < 4.78 is 62.2. The predicted molar refractivity (Wildman–Crippen MR) is 186 cm³/mol. The van der Waals surface area contributed by atoms with Gasteiger partial charge in [0.25, 0.3) is 0 Å². The van der Waals surface area contributed by atoms with E-state index in [2.05, 4.69) is 5.32 Å². The predicted octanol–water partition coefficient (Wildman–Crippen LogP) is 3.84. The highest BCUT2D eigenvalue weighted by Crippen LogP contribution is 2.37. The van der Waals surface area contributed by atoms with Crippen LogP contribution in [0.3, 0.4) is 0 Å². The molecule has 282 valence electrons. The van der Waals surface area contributed by atoms with Crippen LogP contribution in [0.1, 0.15) is 37.5 Å². The molecule has 13 heteroatoms. The van der Waals surface area contributed by atoms with Crippen molar-refractivity contribution in [3.8, 4) is 5.75 Å². The van der Waals surface area contributed by atoms with Crippen LogP contribution in [0.25, 0.3) is 0 Å². The van der Waals surface area contributed by atoms with E-state index in [1.54, 1.807) is 21.0 Å². The first-order valence-electron chi connectivity index (χ1n) is 17.5. The van der Waals surface area contributed by atoms with E-state index in [0.29, 0.717) is 5.75 Å². The number of rotatable bonds is 14. The first-order valence-corrected chi connectivity index (χ1v) is 17.5. The molecule has 3 aliphatic rings. The second-order valence-corrected chi connectivity index (χ2v) is 13.4. The van der Waals surface area contributed by atoms with Crippen LogP contribution in [-0.2, 0) is 67.2 Å². The zero-order valence-corrected chi connectivity index (χ0v) is 30.1. The molecule has 3 heterocycles. The lowest BCUT2D eigenvalue weighted by atomic mass is 9.94. The molecule has 0 bridgehead atoms. The Labute approximate surface area is 304 Å². The minimum atomic E-state index is -1.49. The highest BCUT2D eigenvalue weighted by molar-refractivity contribution is 5.73. The summed E-state index contributed by atoms with van der Waals surface area (Å²) in [7, 11) is 3.09. The maximum absolute atomic E-state index is 12.5. The Balaban J connectivity index is 1.35. The molecule has 0 unspecified atom stereocenters. The molecule has 3 saturated heterocycles. The number of ether oxygens (including phenoxy) is 10. The van der Waals surface area contributed by atoms with Gasteiger partial charge in [-0.2, -0.15) is 0 Å². The van der Waals surface area contributed by atoms with E-state index in [0.717, 1.165) is 16.7 Å². The Morgan fingerprint density at radius 1 is 0.769 bits per heavy atom. The smallest absolute Gasteiger partial charge is 0.217 e. The number of benzene rings is 3. The third-order valence-electron chi connectivity index (χ3n) is 9.20. The lowest BCUT2D eigenvalue weighted by Crippen LogP contribution is -2.70. The fourth-order valence-corrected chi connectivity index (χ4v) is 6.62. The van der Waals surface area contributed by atoms with Crippen LogP contribution in [0.2, 0.25) is 0 Å². The summed E-state index contributed by atoms with van der Waals surface area (Å²) in [5.41, 5.74) is 2.67. The number of nitrogens with one attached hydrogen (secondary N) is 1. The van der Waals surface area contributed by atoms with Crippen molar-refractivity contribution < 1.29 is 57.3 Å². The fraction of sp³-hybridized carbons (Fsp3) is 0.513. The van der Waals surface area contributed by atoms with E-state index >= 15 is 0 Å². The minimum absolute atomic E-state index is 0.154. The molecule has 0 aromatic heterocycles. The third kappa shape index (κ3) is 9.54. The second-order valence-electron chi connectivity index (χ2n) is 13.4. The Kier molecular flexibility index (Phi) is 12.9. The van der Waals surface area contributed by atoms with Crippen LogP contribution in [0.15, 0.2) is 84.9 Å². The first kappa shape index (κ1) is 38.3. The van der Waals surface area contributed by atoms with Gasteiger partial charge in [-0.1, -0.05) is 72.8 Å². The number of hydrogen-bond donors (Lipinski definition) is 2. The number of amides is 1. The van der Waals surface area contributed by atoms with Crippen LogP contribution in [-0.4, -0.2) is 99.2 Å². The summed E-state index contributed by atoms with van der Waals surface area (Å²) in [6.45, 7) is 5.68. The maximum atomic E-state index is 12.5. The molecule has 52 heavy (non-hydrogen) atoms. The number of fused-ring (bicyclic) bond motifs is 1. The van der Waals surface area contributed by atoms with Gasteiger partial charge in [0.15, 0.2) is 24.7 Å². The molecule has 13 nitrogen and oxygen atoms in total. The van der Waals surface area contributed by atoms with Crippen molar-refractivity contribution in [2.75, 3.05) is 20.8 Å². The van der Waals surface area contributed by atoms with E-state index < -0.39 is 67.3 Å². The topological polar surface area (TPSA) is 142 Å². The molecule has 3 aliphatic heterocycles. The summed E-state index contributed by atoms with van der Waals surface area (Å²) in [5.74, 6) is -0.600. The standard InChI is InChI=1S/C39H49NO12/c1-24(41)40-30-32(31-29(49-37(30)44-5)23-48-39(2,3)52-31)50-38-35(47-21-26-14-10-7-11-15-26)33(45-22-27-16-18-28(43-4)19-17-27)34(36(42)51-38)46-20-25-12-8-6-9-13-25/h6-19,29-38,42H,20-23H2,1-5H3,(H,40,41)/t29-,30-,31-,32-,33-,34-,35-,36-,37-,38-/m1/s1. The van der Waals surface area contributed by atoms with Gasteiger partial charge in [0.2, 0.25) is 5.91 Å². The normalized spacial score (nSPS) is 31.3. The molecule has 6 rings (SSSR count). The lowest BCUT2D eigenvalue weighted by Gasteiger charge is -2.52. The van der Waals surface area contributed by atoms with Gasteiger partial charge in [-0.15, -0.1) is 0 Å². The van der Waals surface area contributed by atoms with E-state index in [1.165, 1.54) is 14.0 Å². The Morgan fingerprint density at radius 3 is 1.92 bits per heavy atom. The van der Waals surface area contributed by atoms with Gasteiger partial charge in [-0.25, -0.2) is 0 Å². The van der Waals surface area contributed by atoms with E-state index in [-0.39, 0.29) is 32.3 Å². The van der Waals surface area contributed by atoms with Crippen LogP contribution in [0.5, 0.6) is 5.75 Å². The molecule has 1 amide bonds. The number of carbonyl (C=O) groups is 1. The van der Waals surface area contributed by atoms with Crippen molar-refractivity contribution in [3.05, 3.63) is 102 Å². The highest BCUT2D eigenvalue weighted by atomic mass is 16.8. The van der Waals surface area contributed by atoms with E-state index in [9.17, 15) is 9.90 Å². The van der Waals surface area contributed by atoms with Crippen LogP contribution >= 0.6 is 0 Å². The van der Waals surface area contributed by atoms with Gasteiger partial charge < -0.3 is 57.8 Å². The summed E-state index contributed by atoms with van der Waals surface area (Å²) in [5, 5.41) is 14.6.